The third kappa shape index (κ3) is 5.77. The number of rotatable bonds is 8. The average molecular weight is 566 g/mol. The van der Waals surface area contributed by atoms with Gasteiger partial charge >= 0.3 is 0 Å². The minimum absolute atomic E-state index is 0.154. The average Bonchev–Trinajstić information content (AvgIpc) is 3.11. The van der Waals surface area contributed by atoms with Crippen LogP contribution >= 0.6 is 0 Å². The van der Waals surface area contributed by atoms with Gasteiger partial charge in [0.05, 0.1) is 11.4 Å². The van der Waals surface area contributed by atoms with Crippen molar-refractivity contribution in [2.45, 2.75) is 6.04 Å². The molecule has 0 aliphatic heterocycles. The van der Waals surface area contributed by atoms with Crippen molar-refractivity contribution in [3.05, 3.63) is 193 Å². The van der Waals surface area contributed by atoms with Gasteiger partial charge in [-0.05, 0) is 70.1 Å². The predicted molar refractivity (Wildman–Crippen MR) is 183 cm³/mol. The molecule has 0 heterocycles. The Kier molecular flexibility index (Phi) is 7.75. The fraction of sp³-hybridized carbons (Fsp3) is 0.0244. The quantitative estimate of drug-likeness (QED) is 0.168. The number of azo groups is 1. The minimum Gasteiger partial charge on any atom is -0.310 e. The Labute approximate surface area is 258 Å². The van der Waals surface area contributed by atoms with E-state index in [-0.39, 0.29) is 6.04 Å². The van der Waals surface area contributed by atoms with Crippen LogP contribution < -0.4 is 4.90 Å². The molecule has 0 aromatic heterocycles. The van der Waals surface area contributed by atoms with Crippen LogP contribution in [0.15, 0.2) is 192 Å². The molecule has 3 nitrogen and oxygen atoms in total. The Hall–Kier alpha value is -5.80. The minimum atomic E-state index is -0.154. The standard InChI is InChI=1S/C41H31N3/c1-4-14-34(15-5-1)41(35-16-6-2-7-17-35)43-42-36-27-23-31(24-28-36)32-25-29-38(30-26-32)44(37-19-8-3-9-20-37)40-22-12-18-33-13-10-11-21-39(33)40/h1-30,41H. The number of para-hydroxylation sites is 1. The number of fused-ring (bicyclic) bond motifs is 1. The molecule has 0 unspecified atom stereocenters. The van der Waals surface area contributed by atoms with Crippen LogP contribution in [0.2, 0.25) is 0 Å². The van der Waals surface area contributed by atoms with Crippen LogP contribution in [0.1, 0.15) is 17.2 Å². The van der Waals surface area contributed by atoms with Crippen molar-refractivity contribution in [2.24, 2.45) is 10.2 Å². The van der Waals surface area contributed by atoms with Crippen LogP contribution in [-0.4, -0.2) is 0 Å². The molecule has 44 heavy (non-hydrogen) atoms. The molecular formula is C41H31N3. The summed E-state index contributed by atoms with van der Waals surface area (Å²) in [6.07, 6.45) is 0. The zero-order chi connectivity index (χ0) is 29.6. The number of benzene rings is 7. The van der Waals surface area contributed by atoms with Crippen molar-refractivity contribution in [1.82, 2.24) is 0 Å². The number of hydrogen-bond acceptors (Lipinski definition) is 3. The van der Waals surface area contributed by atoms with Gasteiger partial charge < -0.3 is 4.90 Å². The molecule has 0 aliphatic carbocycles. The fourth-order valence-electron chi connectivity index (χ4n) is 5.65. The maximum Gasteiger partial charge on any atom is 0.121 e. The zero-order valence-electron chi connectivity index (χ0n) is 24.2. The number of anilines is 3. The highest BCUT2D eigenvalue weighted by atomic mass is 15.1. The zero-order valence-corrected chi connectivity index (χ0v) is 24.2. The first-order chi connectivity index (χ1) is 21.8. The molecule has 0 N–H and O–H groups in total. The van der Waals surface area contributed by atoms with E-state index in [1.54, 1.807) is 0 Å². The highest BCUT2D eigenvalue weighted by Crippen LogP contribution is 2.39. The van der Waals surface area contributed by atoms with Gasteiger partial charge in [-0.2, -0.15) is 10.2 Å². The summed E-state index contributed by atoms with van der Waals surface area (Å²) in [5, 5.41) is 11.8. The molecule has 7 rings (SSSR count). The number of hydrogen-bond donors (Lipinski definition) is 0. The lowest BCUT2D eigenvalue weighted by atomic mass is 10.00. The van der Waals surface area contributed by atoms with E-state index >= 15 is 0 Å². The van der Waals surface area contributed by atoms with Crippen LogP contribution in [-0.2, 0) is 0 Å². The van der Waals surface area contributed by atoms with E-state index < -0.39 is 0 Å². The lowest BCUT2D eigenvalue weighted by Crippen LogP contribution is -2.10. The summed E-state index contributed by atoms with van der Waals surface area (Å²) in [5.41, 5.74) is 8.73. The highest BCUT2D eigenvalue weighted by Gasteiger charge is 2.15. The number of nitrogens with zero attached hydrogens (tertiary/aromatic N) is 3. The SMILES string of the molecule is c1ccc(C(N=Nc2ccc(-c3ccc(N(c4ccccc4)c4cccc5ccccc45)cc3)cc2)c2ccccc2)cc1. The normalized spacial score (nSPS) is 11.3. The summed E-state index contributed by atoms with van der Waals surface area (Å²) in [5.74, 6) is 0. The van der Waals surface area contributed by atoms with Gasteiger partial charge in [0.15, 0.2) is 0 Å². The maximum atomic E-state index is 4.77. The summed E-state index contributed by atoms with van der Waals surface area (Å²) in [6.45, 7) is 0. The molecule has 3 heteroatoms. The Balaban J connectivity index is 1.16. The molecule has 0 atom stereocenters. The van der Waals surface area contributed by atoms with Gasteiger partial charge in [-0.15, -0.1) is 0 Å². The Morgan fingerprint density at radius 1 is 0.409 bits per heavy atom. The summed E-state index contributed by atoms with van der Waals surface area (Å²) in [4.78, 5) is 2.32. The third-order valence-corrected chi connectivity index (χ3v) is 7.87. The van der Waals surface area contributed by atoms with E-state index in [0.717, 1.165) is 45.0 Å². The van der Waals surface area contributed by atoms with E-state index in [9.17, 15) is 0 Å². The molecule has 0 aliphatic rings. The second-order valence-electron chi connectivity index (χ2n) is 10.7. The molecule has 0 spiro atoms. The molecule has 7 aromatic carbocycles. The maximum absolute atomic E-state index is 4.77. The summed E-state index contributed by atoms with van der Waals surface area (Å²) in [6, 6.07) is 63.1. The van der Waals surface area contributed by atoms with Gasteiger partial charge in [-0.3, -0.25) is 0 Å². The smallest absolute Gasteiger partial charge is 0.121 e. The van der Waals surface area contributed by atoms with E-state index in [1.807, 2.05) is 48.5 Å². The van der Waals surface area contributed by atoms with Gasteiger partial charge in [0.1, 0.15) is 6.04 Å². The molecule has 0 saturated carbocycles. The molecule has 0 bridgehead atoms. The van der Waals surface area contributed by atoms with Crippen molar-refractivity contribution >= 4 is 33.5 Å². The third-order valence-electron chi connectivity index (χ3n) is 7.87. The highest BCUT2D eigenvalue weighted by molar-refractivity contribution is 5.98. The molecule has 0 radical (unpaired) electrons. The van der Waals surface area contributed by atoms with E-state index in [0.29, 0.717) is 0 Å². The van der Waals surface area contributed by atoms with Gasteiger partial charge in [0.25, 0.3) is 0 Å². The van der Waals surface area contributed by atoms with Gasteiger partial charge in [-0.25, -0.2) is 0 Å². The lowest BCUT2D eigenvalue weighted by Gasteiger charge is -2.27. The Morgan fingerprint density at radius 3 is 1.55 bits per heavy atom. The molecule has 0 amide bonds. The van der Waals surface area contributed by atoms with Crippen molar-refractivity contribution in [3.8, 4) is 11.1 Å². The van der Waals surface area contributed by atoms with E-state index in [4.69, 9.17) is 5.11 Å². The van der Waals surface area contributed by atoms with E-state index in [2.05, 4.69) is 143 Å². The van der Waals surface area contributed by atoms with Crippen LogP contribution in [0.3, 0.4) is 0 Å². The van der Waals surface area contributed by atoms with Crippen molar-refractivity contribution in [2.75, 3.05) is 4.90 Å². The molecule has 0 saturated heterocycles. The van der Waals surface area contributed by atoms with Crippen LogP contribution in [0.25, 0.3) is 21.9 Å². The molecule has 0 fully saturated rings. The largest absolute Gasteiger partial charge is 0.310 e. The van der Waals surface area contributed by atoms with Crippen molar-refractivity contribution in [1.29, 1.82) is 0 Å². The second-order valence-corrected chi connectivity index (χ2v) is 10.7. The van der Waals surface area contributed by atoms with Gasteiger partial charge in [0, 0.05) is 16.8 Å². The van der Waals surface area contributed by atoms with Gasteiger partial charge in [0.2, 0.25) is 0 Å². The van der Waals surface area contributed by atoms with E-state index in [1.165, 1.54) is 10.8 Å². The molecule has 7 aromatic rings. The van der Waals surface area contributed by atoms with Crippen molar-refractivity contribution in [3.63, 3.8) is 0 Å². The molecule has 210 valence electrons. The Morgan fingerprint density at radius 2 is 0.909 bits per heavy atom. The van der Waals surface area contributed by atoms with Gasteiger partial charge in [-0.1, -0.05) is 140 Å². The summed E-state index contributed by atoms with van der Waals surface area (Å²) in [7, 11) is 0. The molecular weight excluding hydrogens is 534 g/mol. The predicted octanol–water partition coefficient (Wildman–Crippen LogP) is 11.8. The summed E-state index contributed by atoms with van der Waals surface area (Å²) < 4.78 is 0. The lowest BCUT2D eigenvalue weighted by molar-refractivity contribution is 0.809. The summed E-state index contributed by atoms with van der Waals surface area (Å²) >= 11 is 0. The van der Waals surface area contributed by atoms with Crippen LogP contribution in [0.4, 0.5) is 22.7 Å². The van der Waals surface area contributed by atoms with Crippen molar-refractivity contribution < 1.29 is 0 Å². The van der Waals surface area contributed by atoms with Crippen LogP contribution in [0.5, 0.6) is 0 Å². The second kappa shape index (κ2) is 12.6. The van der Waals surface area contributed by atoms with Crippen LogP contribution in [0, 0.1) is 0 Å². The first kappa shape index (κ1) is 27.1. The first-order valence-corrected chi connectivity index (χ1v) is 14.9. The first-order valence-electron chi connectivity index (χ1n) is 14.9. The monoisotopic (exact) mass is 565 g/mol. The fourth-order valence-corrected chi connectivity index (χ4v) is 5.65. The Bertz CT molecular complexity index is 1940. The topological polar surface area (TPSA) is 28.0 Å².